The van der Waals surface area contributed by atoms with Crippen molar-refractivity contribution in [2.75, 3.05) is 11.1 Å². The fraction of sp³-hybridized carbons (Fsp3) is 0.133. The van der Waals surface area contributed by atoms with Crippen molar-refractivity contribution in [2.24, 2.45) is 0 Å². The highest BCUT2D eigenvalue weighted by molar-refractivity contribution is 7.99. The summed E-state index contributed by atoms with van der Waals surface area (Å²) in [5, 5.41) is 2.81. The van der Waals surface area contributed by atoms with Crippen LogP contribution in [0.5, 0.6) is 0 Å². The van der Waals surface area contributed by atoms with E-state index < -0.39 is 27.3 Å². The Morgan fingerprint density at radius 3 is 2.21 bits per heavy atom. The number of hydrogen-bond donors (Lipinski definition) is 1. The molecule has 2 rings (SSSR count). The Labute approximate surface area is 147 Å². The van der Waals surface area contributed by atoms with E-state index in [-0.39, 0.29) is 4.90 Å². The Hall–Kier alpha value is -1.64. The third-order valence-electron chi connectivity index (χ3n) is 2.86. The third kappa shape index (κ3) is 5.47. The van der Waals surface area contributed by atoms with Gasteiger partial charge in [0.1, 0.15) is 5.75 Å². The van der Waals surface area contributed by atoms with Crippen LogP contribution in [-0.4, -0.2) is 25.8 Å². The minimum atomic E-state index is -3.79. The molecular formula is C15H12ClF2NO3S2. The van der Waals surface area contributed by atoms with Gasteiger partial charge in [-0.05, 0) is 48.5 Å². The van der Waals surface area contributed by atoms with E-state index in [1.807, 2.05) is 0 Å². The summed E-state index contributed by atoms with van der Waals surface area (Å²) < 4.78 is 48.7. The molecule has 0 saturated heterocycles. The van der Waals surface area contributed by atoms with E-state index in [0.717, 1.165) is 0 Å². The van der Waals surface area contributed by atoms with Crippen molar-refractivity contribution in [1.29, 1.82) is 0 Å². The molecule has 128 valence electrons. The van der Waals surface area contributed by atoms with E-state index in [2.05, 4.69) is 5.32 Å². The maximum Gasteiger partial charge on any atom is 0.288 e. The van der Waals surface area contributed by atoms with Crippen LogP contribution in [0.15, 0.2) is 58.3 Å². The number of carbonyl (C=O) groups excluding carboxylic acids is 1. The first-order valence-electron chi connectivity index (χ1n) is 6.59. The lowest BCUT2D eigenvalue weighted by atomic mass is 10.3. The average molecular weight is 392 g/mol. The van der Waals surface area contributed by atoms with Gasteiger partial charge >= 0.3 is 0 Å². The van der Waals surface area contributed by atoms with Gasteiger partial charge in [-0.2, -0.15) is 8.78 Å². The predicted molar refractivity (Wildman–Crippen MR) is 90.4 cm³/mol. The summed E-state index contributed by atoms with van der Waals surface area (Å²) in [6.45, 7) is 0. The van der Waals surface area contributed by atoms with Crippen LogP contribution in [0.4, 0.5) is 14.5 Å². The second-order valence-corrected chi connectivity index (χ2v) is 8.15. The lowest BCUT2D eigenvalue weighted by molar-refractivity contribution is -0.113. The minimum absolute atomic E-state index is 0.00858. The van der Waals surface area contributed by atoms with Gasteiger partial charge in [0.15, 0.2) is 9.84 Å². The summed E-state index contributed by atoms with van der Waals surface area (Å²) in [5.41, 5.74) is 0.324. The number of rotatable bonds is 6. The molecule has 0 spiro atoms. The van der Waals surface area contributed by atoms with Gasteiger partial charge in [-0.25, -0.2) is 8.42 Å². The quantitative estimate of drug-likeness (QED) is 0.754. The number of thioether (sulfide) groups is 1. The van der Waals surface area contributed by atoms with Gasteiger partial charge < -0.3 is 5.32 Å². The van der Waals surface area contributed by atoms with E-state index in [1.165, 1.54) is 48.5 Å². The summed E-state index contributed by atoms with van der Waals surface area (Å²) in [7, 11) is -3.79. The molecule has 0 aliphatic rings. The number of amides is 1. The zero-order valence-corrected chi connectivity index (χ0v) is 14.5. The van der Waals surface area contributed by atoms with Crippen LogP contribution < -0.4 is 5.32 Å². The molecule has 2 aromatic rings. The molecule has 0 atom stereocenters. The first-order valence-corrected chi connectivity index (χ1v) is 9.50. The summed E-state index contributed by atoms with van der Waals surface area (Å²) in [6, 6.07) is 11.2. The molecule has 4 nitrogen and oxygen atoms in total. The summed E-state index contributed by atoms with van der Waals surface area (Å²) in [6.07, 6.45) is 0. The second-order valence-electron chi connectivity index (χ2n) is 4.66. The number of benzene rings is 2. The Bertz CT molecular complexity index is 810. The molecule has 0 heterocycles. The number of hydrogen-bond acceptors (Lipinski definition) is 4. The molecule has 2 aromatic carbocycles. The number of alkyl halides is 2. The first-order chi connectivity index (χ1) is 11.3. The molecule has 1 amide bonds. The van der Waals surface area contributed by atoms with Crippen molar-refractivity contribution in [3.63, 3.8) is 0 Å². The van der Waals surface area contributed by atoms with Gasteiger partial charge in [-0.3, -0.25) is 4.79 Å². The highest BCUT2D eigenvalue weighted by Gasteiger charge is 2.19. The Kier molecular flexibility index (Phi) is 6.20. The van der Waals surface area contributed by atoms with Crippen molar-refractivity contribution >= 4 is 44.8 Å². The maximum absolute atomic E-state index is 12.2. The van der Waals surface area contributed by atoms with E-state index in [9.17, 15) is 22.0 Å². The van der Waals surface area contributed by atoms with E-state index >= 15 is 0 Å². The number of anilines is 1. The molecule has 0 aliphatic heterocycles. The first kappa shape index (κ1) is 18.7. The fourth-order valence-corrected chi connectivity index (χ4v) is 3.57. The Morgan fingerprint density at radius 2 is 1.67 bits per heavy atom. The number of carbonyl (C=O) groups is 1. The van der Waals surface area contributed by atoms with Crippen molar-refractivity contribution in [3.8, 4) is 0 Å². The van der Waals surface area contributed by atoms with E-state index in [1.54, 1.807) is 0 Å². The van der Waals surface area contributed by atoms with Crippen LogP contribution in [-0.2, 0) is 14.6 Å². The van der Waals surface area contributed by atoms with Crippen molar-refractivity contribution in [2.45, 2.75) is 15.5 Å². The summed E-state index contributed by atoms with van der Waals surface area (Å²) in [4.78, 5) is 12.2. The van der Waals surface area contributed by atoms with Gasteiger partial charge in [0.05, 0.1) is 4.90 Å². The average Bonchev–Trinajstić information content (AvgIpc) is 2.48. The standard InChI is InChI=1S/C15H12ClF2NO3S2/c16-10-1-7-13(8-2-10)24(21,22)9-14(20)19-11-3-5-12(6-4-11)23-15(17)18/h1-8,15H,9H2,(H,19,20). The lowest BCUT2D eigenvalue weighted by Gasteiger charge is -2.07. The van der Waals surface area contributed by atoms with Crippen molar-refractivity contribution in [3.05, 3.63) is 53.6 Å². The van der Waals surface area contributed by atoms with Crippen molar-refractivity contribution in [1.82, 2.24) is 0 Å². The topological polar surface area (TPSA) is 63.2 Å². The molecule has 0 fully saturated rings. The van der Waals surface area contributed by atoms with Gasteiger partial charge in [-0.15, -0.1) is 0 Å². The zero-order chi connectivity index (χ0) is 17.7. The highest BCUT2D eigenvalue weighted by Crippen LogP contribution is 2.26. The molecule has 24 heavy (non-hydrogen) atoms. The lowest BCUT2D eigenvalue weighted by Crippen LogP contribution is -2.23. The maximum atomic E-state index is 12.2. The molecule has 0 bridgehead atoms. The van der Waals surface area contributed by atoms with Crippen LogP contribution in [0.2, 0.25) is 5.02 Å². The zero-order valence-electron chi connectivity index (χ0n) is 12.1. The van der Waals surface area contributed by atoms with Crippen LogP contribution in [0.3, 0.4) is 0 Å². The van der Waals surface area contributed by atoms with E-state index in [0.29, 0.717) is 27.4 Å². The fourth-order valence-electron chi connectivity index (χ4n) is 1.81. The third-order valence-corrected chi connectivity index (χ3v) is 5.46. The molecule has 0 aromatic heterocycles. The SMILES string of the molecule is O=C(CS(=O)(=O)c1ccc(Cl)cc1)Nc1ccc(SC(F)F)cc1. The molecule has 0 aliphatic carbocycles. The molecule has 0 unspecified atom stereocenters. The normalized spacial score (nSPS) is 11.5. The Balaban J connectivity index is 2.01. The number of halogens is 3. The largest absolute Gasteiger partial charge is 0.325 e. The smallest absolute Gasteiger partial charge is 0.288 e. The van der Waals surface area contributed by atoms with E-state index in [4.69, 9.17) is 11.6 Å². The number of nitrogens with one attached hydrogen (secondary N) is 1. The molecule has 0 radical (unpaired) electrons. The van der Waals surface area contributed by atoms with Gasteiger partial charge in [0.25, 0.3) is 5.76 Å². The summed E-state index contributed by atoms with van der Waals surface area (Å²) >= 11 is 6.08. The number of sulfone groups is 1. The second kappa shape index (κ2) is 7.96. The van der Waals surface area contributed by atoms with Crippen molar-refractivity contribution < 1.29 is 22.0 Å². The van der Waals surface area contributed by atoms with Gasteiger partial charge in [0.2, 0.25) is 5.91 Å². The highest BCUT2D eigenvalue weighted by atomic mass is 35.5. The molecule has 9 heteroatoms. The van der Waals surface area contributed by atoms with Crippen LogP contribution in [0.25, 0.3) is 0 Å². The Morgan fingerprint density at radius 1 is 1.08 bits per heavy atom. The molecule has 1 N–H and O–H groups in total. The van der Waals surface area contributed by atoms with Gasteiger partial charge in [0, 0.05) is 15.6 Å². The molecule has 0 saturated carbocycles. The van der Waals surface area contributed by atoms with Gasteiger partial charge in [-0.1, -0.05) is 23.4 Å². The monoisotopic (exact) mass is 391 g/mol. The van der Waals surface area contributed by atoms with Crippen LogP contribution in [0.1, 0.15) is 0 Å². The summed E-state index contributed by atoms with van der Waals surface area (Å²) in [5.74, 6) is -3.99. The van der Waals surface area contributed by atoms with Crippen LogP contribution >= 0.6 is 23.4 Å². The molecular weight excluding hydrogens is 380 g/mol. The minimum Gasteiger partial charge on any atom is -0.325 e. The van der Waals surface area contributed by atoms with Crippen LogP contribution in [0, 0.1) is 0 Å². The predicted octanol–water partition coefficient (Wildman–Crippen LogP) is 4.07.